The third-order valence-electron chi connectivity index (χ3n) is 4.29. The van der Waals surface area contributed by atoms with Gasteiger partial charge in [0.25, 0.3) is 0 Å². The molecule has 2 fully saturated rings. The number of hydrogen-bond donors (Lipinski definition) is 1. The molecule has 1 atom stereocenters. The third-order valence-corrected chi connectivity index (χ3v) is 4.29. The van der Waals surface area contributed by atoms with Crippen LogP contribution in [0.1, 0.15) is 39.5 Å². The molecular weight excluding hydrogens is 202 g/mol. The second-order valence-corrected chi connectivity index (χ2v) is 5.37. The van der Waals surface area contributed by atoms with Crippen LogP contribution < -0.4 is 5.32 Å². The topological polar surface area (TPSA) is 30.5 Å². The summed E-state index contributed by atoms with van der Waals surface area (Å²) in [5.41, 5.74) is -0.0294. The zero-order chi connectivity index (χ0) is 11.6. The number of hydrogen-bond acceptors (Lipinski definition) is 3. The molecule has 3 nitrogen and oxygen atoms in total. The van der Waals surface area contributed by atoms with Crippen LogP contribution in [0.5, 0.6) is 0 Å². The van der Waals surface area contributed by atoms with Crippen molar-refractivity contribution in [3.05, 3.63) is 0 Å². The van der Waals surface area contributed by atoms with E-state index in [1.165, 1.54) is 12.8 Å². The second-order valence-electron chi connectivity index (χ2n) is 5.37. The van der Waals surface area contributed by atoms with Crippen molar-refractivity contribution in [2.75, 3.05) is 26.8 Å². The van der Waals surface area contributed by atoms with Gasteiger partial charge in [-0.3, -0.25) is 0 Å². The summed E-state index contributed by atoms with van der Waals surface area (Å²) >= 11 is 0. The van der Waals surface area contributed by atoms with Crippen molar-refractivity contribution >= 4 is 0 Å². The van der Waals surface area contributed by atoms with Gasteiger partial charge in [-0.15, -0.1) is 0 Å². The summed E-state index contributed by atoms with van der Waals surface area (Å²) in [6.07, 6.45) is 4.76. The van der Waals surface area contributed by atoms with Crippen molar-refractivity contribution in [2.24, 2.45) is 5.92 Å². The predicted octanol–water partition coefficient (Wildman–Crippen LogP) is 1.96. The van der Waals surface area contributed by atoms with E-state index < -0.39 is 0 Å². The fourth-order valence-corrected chi connectivity index (χ4v) is 2.93. The number of rotatable bonds is 5. The van der Waals surface area contributed by atoms with Crippen molar-refractivity contribution in [1.82, 2.24) is 5.32 Å². The van der Waals surface area contributed by atoms with E-state index in [0.29, 0.717) is 5.92 Å². The van der Waals surface area contributed by atoms with Gasteiger partial charge < -0.3 is 14.8 Å². The summed E-state index contributed by atoms with van der Waals surface area (Å²) in [5, 5.41) is 3.57. The standard InChI is InChI=1S/C13H25NO2/c1-4-12(5-2)8-14-9-13(16-12,10-15-3)11-6-7-11/h11,14H,4-10H2,1-3H3. The van der Waals surface area contributed by atoms with Crippen LogP contribution in [0.4, 0.5) is 0 Å². The zero-order valence-corrected chi connectivity index (χ0v) is 10.8. The Morgan fingerprint density at radius 2 is 1.94 bits per heavy atom. The normalized spacial score (nSPS) is 33.9. The molecule has 0 aromatic carbocycles. The van der Waals surface area contributed by atoms with Crippen molar-refractivity contribution in [3.63, 3.8) is 0 Å². The maximum atomic E-state index is 6.54. The van der Waals surface area contributed by atoms with Crippen molar-refractivity contribution in [3.8, 4) is 0 Å². The molecule has 0 spiro atoms. The fourth-order valence-electron chi connectivity index (χ4n) is 2.93. The third kappa shape index (κ3) is 2.13. The Balaban J connectivity index is 2.12. The van der Waals surface area contributed by atoms with Gasteiger partial charge >= 0.3 is 0 Å². The molecule has 16 heavy (non-hydrogen) atoms. The highest BCUT2D eigenvalue weighted by Crippen LogP contribution is 2.46. The van der Waals surface area contributed by atoms with Crippen LogP contribution in [-0.4, -0.2) is 38.0 Å². The minimum atomic E-state index is -0.0565. The minimum Gasteiger partial charge on any atom is -0.382 e. The predicted molar refractivity (Wildman–Crippen MR) is 64.6 cm³/mol. The van der Waals surface area contributed by atoms with Crippen LogP contribution in [0.25, 0.3) is 0 Å². The minimum absolute atomic E-state index is 0.0272. The van der Waals surface area contributed by atoms with E-state index in [9.17, 15) is 0 Å². The Morgan fingerprint density at radius 3 is 2.44 bits per heavy atom. The summed E-state index contributed by atoms with van der Waals surface area (Å²) in [7, 11) is 1.78. The van der Waals surface area contributed by atoms with E-state index in [4.69, 9.17) is 9.47 Å². The summed E-state index contributed by atoms with van der Waals surface area (Å²) < 4.78 is 11.9. The maximum Gasteiger partial charge on any atom is 0.107 e. The van der Waals surface area contributed by atoms with Crippen LogP contribution in [0, 0.1) is 5.92 Å². The van der Waals surface area contributed by atoms with Gasteiger partial charge in [0.15, 0.2) is 0 Å². The second kappa shape index (κ2) is 4.63. The van der Waals surface area contributed by atoms with Gasteiger partial charge in [0.1, 0.15) is 5.60 Å². The van der Waals surface area contributed by atoms with Gasteiger partial charge in [-0.25, -0.2) is 0 Å². The van der Waals surface area contributed by atoms with Crippen LogP contribution >= 0.6 is 0 Å². The lowest BCUT2D eigenvalue weighted by molar-refractivity contribution is -0.209. The van der Waals surface area contributed by atoms with E-state index >= 15 is 0 Å². The molecular formula is C13H25NO2. The molecule has 2 aliphatic rings. The van der Waals surface area contributed by atoms with Gasteiger partial charge in [0, 0.05) is 20.2 Å². The van der Waals surface area contributed by atoms with Crippen LogP contribution in [-0.2, 0) is 9.47 Å². The number of methoxy groups -OCH3 is 1. The molecule has 3 heteroatoms. The molecule has 0 radical (unpaired) electrons. The van der Waals surface area contributed by atoms with Gasteiger partial charge in [-0.1, -0.05) is 13.8 Å². The van der Waals surface area contributed by atoms with Crippen LogP contribution in [0.2, 0.25) is 0 Å². The molecule has 1 N–H and O–H groups in total. The lowest BCUT2D eigenvalue weighted by atomic mass is 9.88. The summed E-state index contributed by atoms with van der Waals surface area (Å²) in [6, 6.07) is 0. The van der Waals surface area contributed by atoms with Gasteiger partial charge in [-0.2, -0.15) is 0 Å². The average Bonchev–Trinajstić information content (AvgIpc) is 3.14. The van der Waals surface area contributed by atoms with Crippen molar-refractivity contribution in [1.29, 1.82) is 0 Å². The van der Waals surface area contributed by atoms with E-state index in [1.807, 2.05) is 0 Å². The summed E-state index contributed by atoms with van der Waals surface area (Å²) in [6.45, 7) is 7.11. The molecule has 2 rings (SSSR count). The highest BCUT2D eigenvalue weighted by molar-refractivity contribution is 5.03. The molecule has 94 valence electrons. The highest BCUT2D eigenvalue weighted by Gasteiger charge is 2.52. The van der Waals surface area contributed by atoms with E-state index in [2.05, 4.69) is 19.2 Å². The van der Waals surface area contributed by atoms with Crippen LogP contribution in [0.3, 0.4) is 0 Å². The van der Waals surface area contributed by atoms with Crippen molar-refractivity contribution in [2.45, 2.75) is 50.7 Å². The number of morpholine rings is 1. The lowest BCUT2D eigenvalue weighted by Crippen LogP contribution is -2.63. The first-order chi connectivity index (χ1) is 7.70. The number of ether oxygens (including phenoxy) is 2. The molecule has 1 aliphatic carbocycles. The summed E-state index contributed by atoms with van der Waals surface area (Å²) in [4.78, 5) is 0. The molecule has 1 saturated heterocycles. The molecule has 0 aromatic heterocycles. The Bertz CT molecular complexity index is 232. The van der Waals surface area contributed by atoms with E-state index in [1.54, 1.807) is 7.11 Å². The quantitative estimate of drug-likeness (QED) is 0.779. The maximum absolute atomic E-state index is 6.54. The monoisotopic (exact) mass is 227 g/mol. The number of nitrogens with one attached hydrogen (secondary N) is 1. The molecule has 0 amide bonds. The van der Waals surface area contributed by atoms with Gasteiger partial charge in [-0.05, 0) is 31.6 Å². The van der Waals surface area contributed by atoms with E-state index in [-0.39, 0.29) is 11.2 Å². The zero-order valence-electron chi connectivity index (χ0n) is 10.8. The molecule has 0 aromatic rings. The molecule has 0 bridgehead atoms. The summed E-state index contributed by atoms with van der Waals surface area (Å²) in [5.74, 6) is 0.706. The Hall–Kier alpha value is -0.120. The van der Waals surface area contributed by atoms with Crippen LogP contribution in [0.15, 0.2) is 0 Å². The average molecular weight is 227 g/mol. The Kier molecular flexibility index (Phi) is 3.57. The lowest BCUT2D eigenvalue weighted by Gasteiger charge is -2.48. The molecule has 1 unspecified atom stereocenters. The molecule has 1 heterocycles. The highest BCUT2D eigenvalue weighted by atomic mass is 16.6. The largest absolute Gasteiger partial charge is 0.382 e. The van der Waals surface area contributed by atoms with Crippen molar-refractivity contribution < 1.29 is 9.47 Å². The SMILES string of the molecule is CCC1(CC)CNCC(COC)(C2CC2)O1. The Labute approximate surface area is 98.9 Å². The first-order valence-electron chi connectivity index (χ1n) is 6.60. The molecule has 1 saturated carbocycles. The first kappa shape index (κ1) is 12.3. The smallest absolute Gasteiger partial charge is 0.107 e. The molecule has 1 aliphatic heterocycles. The van der Waals surface area contributed by atoms with E-state index in [0.717, 1.165) is 32.5 Å². The van der Waals surface area contributed by atoms with Gasteiger partial charge in [0.05, 0.1) is 12.2 Å². The fraction of sp³-hybridized carbons (Fsp3) is 1.00. The van der Waals surface area contributed by atoms with Gasteiger partial charge in [0.2, 0.25) is 0 Å². The Morgan fingerprint density at radius 1 is 1.25 bits per heavy atom. The first-order valence-corrected chi connectivity index (χ1v) is 6.60.